The Morgan fingerprint density at radius 2 is 2.00 bits per heavy atom. The predicted molar refractivity (Wildman–Crippen MR) is 71.6 cm³/mol. The number of alkyl halides is 3. The van der Waals surface area contributed by atoms with Crippen molar-refractivity contribution in [1.29, 1.82) is 0 Å². The molecule has 1 amide bonds. The van der Waals surface area contributed by atoms with Crippen molar-refractivity contribution >= 4 is 15.9 Å². The Bertz CT molecular complexity index is 617. The van der Waals surface area contributed by atoms with Crippen LogP contribution in [0.5, 0.6) is 5.75 Å². The van der Waals surface area contributed by atoms with Gasteiger partial charge in [-0.15, -0.1) is 13.2 Å². The van der Waals surface area contributed by atoms with Crippen LogP contribution in [0, 0.1) is 0 Å². The van der Waals surface area contributed by atoms with Gasteiger partial charge in [-0.1, -0.05) is 13.0 Å². The Labute approximate surface area is 125 Å². The molecular weight excluding hydrogens is 325 g/mol. The Morgan fingerprint density at radius 3 is 2.59 bits per heavy atom. The summed E-state index contributed by atoms with van der Waals surface area (Å²) in [6, 6.07) is 3.89. The largest absolute Gasteiger partial charge is 0.573 e. The zero-order valence-electron chi connectivity index (χ0n) is 11.6. The Balaban J connectivity index is 2.77. The van der Waals surface area contributed by atoms with E-state index in [4.69, 9.17) is 0 Å². The van der Waals surface area contributed by atoms with Gasteiger partial charge in [0, 0.05) is 12.6 Å². The molecule has 0 aromatic heterocycles. The number of hydrogen-bond donors (Lipinski definition) is 2. The van der Waals surface area contributed by atoms with E-state index in [1.165, 1.54) is 0 Å². The molecule has 0 saturated carbocycles. The van der Waals surface area contributed by atoms with Gasteiger partial charge in [0.1, 0.15) is 5.75 Å². The van der Waals surface area contributed by atoms with Crippen LogP contribution < -0.4 is 14.8 Å². The standard InChI is InChI=1S/C12H15F3N2O4S/c1-2-6-16-11(18)8-17-22(19,20)10-5-3-4-9(7-10)21-12(13,14)15/h3-5,7,17H,2,6,8H2,1H3,(H,16,18). The maximum absolute atomic E-state index is 12.1. The minimum absolute atomic E-state index is 0.398. The van der Waals surface area contributed by atoms with E-state index in [1.807, 2.05) is 11.6 Å². The number of sulfonamides is 1. The summed E-state index contributed by atoms with van der Waals surface area (Å²) in [4.78, 5) is 10.9. The number of amides is 1. The molecule has 0 radical (unpaired) electrons. The second-order valence-electron chi connectivity index (χ2n) is 4.20. The Kier molecular flexibility index (Phi) is 6.18. The van der Waals surface area contributed by atoms with Crippen LogP contribution in [0.25, 0.3) is 0 Å². The smallest absolute Gasteiger partial charge is 0.406 e. The molecule has 0 saturated heterocycles. The lowest BCUT2D eigenvalue weighted by molar-refractivity contribution is -0.274. The second kappa shape index (κ2) is 7.45. The molecule has 0 atom stereocenters. The summed E-state index contributed by atoms with van der Waals surface area (Å²) in [5.41, 5.74) is 0. The van der Waals surface area contributed by atoms with Gasteiger partial charge in [0.25, 0.3) is 0 Å². The number of benzene rings is 1. The fourth-order valence-electron chi connectivity index (χ4n) is 1.41. The molecule has 0 unspecified atom stereocenters. The summed E-state index contributed by atoms with van der Waals surface area (Å²) in [5.74, 6) is -1.20. The number of ether oxygens (including phenoxy) is 1. The summed E-state index contributed by atoms with van der Waals surface area (Å²) < 4.78 is 65.7. The Morgan fingerprint density at radius 1 is 1.32 bits per heavy atom. The van der Waals surface area contributed by atoms with Gasteiger partial charge in [0.15, 0.2) is 0 Å². The third-order valence-electron chi connectivity index (χ3n) is 2.34. The van der Waals surface area contributed by atoms with E-state index in [-0.39, 0.29) is 0 Å². The van der Waals surface area contributed by atoms with Crippen LogP contribution in [0.3, 0.4) is 0 Å². The molecule has 1 aromatic carbocycles. The SMILES string of the molecule is CCCNC(=O)CNS(=O)(=O)c1cccc(OC(F)(F)F)c1. The van der Waals surface area contributed by atoms with Crippen molar-refractivity contribution < 1.29 is 31.1 Å². The fourth-order valence-corrected chi connectivity index (χ4v) is 2.43. The molecule has 0 bridgehead atoms. The van der Waals surface area contributed by atoms with Crippen molar-refractivity contribution in [2.45, 2.75) is 24.6 Å². The molecule has 22 heavy (non-hydrogen) atoms. The van der Waals surface area contributed by atoms with Crippen LogP contribution in [-0.2, 0) is 14.8 Å². The van der Waals surface area contributed by atoms with Crippen LogP contribution in [0.15, 0.2) is 29.2 Å². The number of halogens is 3. The van der Waals surface area contributed by atoms with E-state index >= 15 is 0 Å². The van der Waals surface area contributed by atoms with Crippen molar-refractivity contribution in [2.24, 2.45) is 0 Å². The summed E-state index contributed by atoms with van der Waals surface area (Å²) in [6.07, 6.45) is -4.23. The van der Waals surface area contributed by atoms with E-state index in [2.05, 4.69) is 10.1 Å². The minimum atomic E-state index is -4.92. The van der Waals surface area contributed by atoms with Gasteiger partial charge in [-0.25, -0.2) is 13.1 Å². The fraction of sp³-hybridized carbons (Fsp3) is 0.417. The first-order valence-corrected chi connectivity index (χ1v) is 7.74. The molecule has 0 aliphatic heterocycles. The maximum Gasteiger partial charge on any atom is 0.573 e. The lowest BCUT2D eigenvalue weighted by Gasteiger charge is -2.11. The van der Waals surface area contributed by atoms with E-state index < -0.39 is 39.5 Å². The van der Waals surface area contributed by atoms with Crippen LogP contribution in [0.1, 0.15) is 13.3 Å². The van der Waals surface area contributed by atoms with Crippen molar-refractivity contribution in [2.75, 3.05) is 13.1 Å². The van der Waals surface area contributed by atoms with Gasteiger partial charge >= 0.3 is 6.36 Å². The zero-order valence-corrected chi connectivity index (χ0v) is 12.4. The molecule has 124 valence electrons. The molecule has 0 aliphatic rings. The summed E-state index contributed by atoms with van der Waals surface area (Å²) in [7, 11) is -4.12. The molecule has 10 heteroatoms. The zero-order chi connectivity index (χ0) is 16.8. The van der Waals surface area contributed by atoms with Gasteiger partial charge in [0.05, 0.1) is 11.4 Å². The van der Waals surface area contributed by atoms with Crippen LogP contribution >= 0.6 is 0 Å². The second-order valence-corrected chi connectivity index (χ2v) is 5.96. The highest BCUT2D eigenvalue weighted by molar-refractivity contribution is 7.89. The summed E-state index contributed by atoms with van der Waals surface area (Å²) in [6.45, 7) is 1.72. The van der Waals surface area contributed by atoms with Gasteiger partial charge in [-0.2, -0.15) is 0 Å². The molecular formula is C12H15F3N2O4S. The average molecular weight is 340 g/mol. The van der Waals surface area contributed by atoms with Crippen molar-refractivity contribution in [3.8, 4) is 5.75 Å². The average Bonchev–Trinajstić information content (AvgIpc) is 2.41. The first-order chi connectivity index (χ1) is 10.1. The van der Waals surface area contributed by atoms with Crippen molar-refractivity contribution in [3.63, 3.8) is 0 Å². The van der Waals surface area contributed by atoms with Crippen molar-refractivity contribution in [1.82, 2.24) is 10.0 Å². The molecule has 0 heterocycles. The van der Waals surface area contributed by atoms with Crippen molar-refractivity contribution in [3.05, 3.63) is 24.3 Å². The highest BCUT2D eigenvalue weighted by atomic mass is 32.2. The van der Waals surface area contributed by atoms with Gasteiger partial charge in [0.2, 0.25) is 15.9 Å². The third-order valence-corrected chi connectivity index (χ3v) is 3.74. The highest BCUT2D eigenvalue weighted by Gasteiger charge is 2.31. The molecule has 6 nitrogen and oxygen atoms in total. The lowest BCUT2D eigenvalue weighted by Crippen LogP contribution is -2.37. The van der Waals surface area contributed by atoms with E-state index in [0.717, 1.165) is 24.3 Å². The molecule has 0 aliphatic carbocycles. The quantitative estimate of drug-likeness (QED) is 0.786. The third kappa shape index (κ3) is 6.31. The minimum Gasteiger partial charge on any atom is -0.406 e. The monoisotopic (exact) mass is 340 g/mol. The number of carbonyl (C=O) groups excluding carboxylic acids is 1. The molecule has 0 fully saturated rings. The highest BCUT2D eigenvalue weighted by Crippen LogP contribution is 2.24. The molecule has 0 spiro atoms. The molecule has 1 aromatic rings. The Hall–Kier alpha value is -1.81. The predicted octanol–water partition coefficient (Wildman–Crippen LogP) is 1.39. The van der Waals surface area contributed by atoms with Gasteiger partial charge in [-0.3, -0.25) is 4.79 Å². The van der Waals surface area contributed by atoms with Gasteiger partial charge in [-0.05, 0) is 18.6 Å². The number of nitrogens with one attached hydrogen (secondary N) is 2. The first-order valence-electron chi connectivity index (χ1n) is 6.26. The molecule has 2 N–H and O–H groups in total. The molecule has 1 rings (SSSR count). The van der Waals surface area contributed by atoms with Crippen LogP contribution in [0.2, 0.25) is 0 Å². The van der Waals surface area contributed by atoms with Gasteiger partial charge < -0.3 is 10.1 Å². The van der Waals surface area contributed by atoms with Crippen LogP contribution in [-0.4, -0.2) is 33.8 Å². The number of hydrogen-bond acceptors (Lipinski definition) is 4. The number of rotatable bonds is 7. The van der Waals surface area contributed by atoms with E-state index in [0.29, 0.717) is 13.0 Å². The topological polar surface area (TPSA) is 84.5 Å². The normalized spacial score (nSPS) is 12.0. The summed E-state index contributed by atoms with van der Waals surface area (Å²) >= 11 is 0. The number of carbonyl (C=O) groups is 1. The van der Waals surface area contributed by atoms with Crippen LogP contribution in [0.4, 0.5) is 13.2 Å². The first kappa shape index (κ1) is 18.2. The summed E-state index contributed by atoms with van der Waals surface area (Å²) in [5, 5.41) is 2.46. The van der Waals surface area contributed by atoms with E-state index in [9.17, 15) is 26.4 Å². The van der Waals surface area contributed by atoms with E-state index in [1.54, 1.807) is 0 Å². The lowest BCUT2D eigenvalue weighted by atomic mass is 10.3. The maximum atomic E-state index is 12.1.